The Labute approximate surface area is 91.6 Å². The minimum absolute atomic E-state index is 0.0401. The second-order valence-electron chi connectivity index (χ2n) is 4.35. The molecule has 1 atom stereocenters. The molecule has 0 aromatic heterocycles. The van der Waals surface area contributed by atoms with E-state index in [1.165, 1.54) is 0 Å². The maximum Gasteiger partial charge on any atom is 0.0684 e. The van der Waals surface area contributed by atoms with Gasteiger partial charge < -0.3 is 10.2 Å². The van der Waals surface area contributed by atoms with Gasteiger partial charge in [0.2, 0.25) is 0 Å². The lowest BCUT2D eigenvalue weighted by molar-refractivity contribution is 0.0501. The third-order valence-electron chi connectivity index (χ3n) is 2.65. The van der Waals surface area contributed by atoms with Crippen molar-refractivity contribution < 1.29 is 10.2 Å². The fourth-order valence-corrected chi connectivity index (χ4v) is 1.92. The fourth-order valence-electron chi connectivity index (χ4n) is 1.92. The Bertz CT molecular complexity index is 305. The number of hydrogen-bond acceptors (Lipinski definition) is 2. The average Bonchev–Trinajstić information content (AvgIpc) is 2.17. The van der Waals surface area contributed by atoms with Crippen molar-refractivity contribution in [2.24, 2.45) is 0 Å². The molecule has 0 bridgehead atoms. The molecule has 0 amide bonds. The summed E-state index contributed by atoms with van der Waals surface area (Å²) in [7, 11) is 0. The predicted molar refractivity (Wildman–Crippen MR) is 61.6 cm³/mol. The molecule has 84 valence electrons. The zero-order valence-corrected chi connectivity index (χ0v) is 9.53. The Morgan fingerprint density at radius 1 is 1.20 bits per heavy atom. The molecule has 0 saturated heterocycles. The normalized spacial score (nSPS) is 14.9. The van der Waals surface area contributed by atoms with Gasteiger partial charge in [0.1, 0.15) is 0 Å². The number of rotatable bonds is 5. The molecule has 1 rings (SSSR count). The van der Waals surface area contributed by atoms with Gasteiger partial charge in [-0.2, -0.15) is 0 Å². The lowest BCUT2D eigenvalue weighted by atomic mass is 9.90. The van der Waals surface area contributed by atoms with Gasteiger partial charge in [0.15, 0.2) is 0 Å². The largest absolute Gasteiger partial charge is 0.392 e. The maximum atomic E-state index is 10.1. The summed E-state index contributed by atoms with van der Waals surface area (Å²) in [6.45, 7) is 3.95. The first kappa shape index (κ1) is 12.2. The summed E-state index contributed by atoms with van der Waals surface area (Å²) in [5.74, 6) is 0. The molecule has 0 radical (unpaired) electrons. The van der Waals surface area contributed by atoms with Crippen LogP contribution in [0.15, 0.2) is 24.3 Å². The molecule has 1 aromatic rings. The SMILES string of the molecule is CCCC(C)(O)Cc1ccccc1CO. The standard InChI is InChI=1S/C13H20O2/c1-3-8-13(2,15)9-11-6-4-5-7-12(11)10-14/h4-7,14-15H,3,8-10H2,1-2H3. The van der Waals surface area contributed by atoms with Gasteiger partial charge in [-0.25, -0.2) is 0 Å². The Balaban J connectivity index is 2.79. The highest BCUT2D eigenvalue weighted by atomic mass is 16.3. The predicted octanol–water partition coefficient (Wildman–Crippen LogP) is 2.27. The molecule has 0 saturated carbocycles. The Morgan fingerprint density at radius 3 is 2.33 bits per heavy atom. The van der Waals surface area contributed by atoms with Crippen molar-refractivity contribution in [3.8, 4) is 0 Å². The van der Waals surface area contributed by atoms with Crippen LogP contribution in [0.25, 0.3) is 0 Å². The van der Waals surface area contributed by atoms with Gasteiger partial charge in [-0.1, -0.05) is 37.6 Å². The van der Waals surface area contributed by atoms with Gasteiger partial charge in [0, 0.05) is 6.42 Å². The van der Waals surface area contributed by atoms with E-state index in [1.54, 1.807) is 0 Å². The minimum Gasteiger partial charge on any atom is -0.392 e. The van der Waals surface area contributed by atoms with E-state index < -0.39 is 5.60 Å². The zero-order chi connectivity index (χ0) is 11.3. The van der Waals surface area contributed by atoms with Crippen LogP contribution < -0.4 is 0 Å². The van der Waals surface area contributed by atoms with Crippen molar-refractivity contribution in [3.63, 3.8) is 0 Å². The van der Waals surface area contributed by atoms with E-state index in [4.69, 9.17) is 5.11 Å². The van der Waals surface area contributed by atoms with Crippen molar-refractivity contribution in [3.05, 3.63) is 35.4 Å². The summed E-state index contributed by atoms with van der Waals surface area (Å²) in [6.07, 6.45) is 2.36. The molecule has 15 heavy (non-hydrogen) atoms. The quantitative estimate of drug-likeness (QED) is 0.779. The van der Waals surface area contributed by atoms with Crippen molar-refractivity contribution in [1.82, 2.24) is 0 Å². The summed E-state index contributed by atoms with van der Waals surface area (Å²) in [5, 5.41) is 19.3. The third-order valence-corrected chi connectivity index (χ3v) is 2.65. The highest BCUT2D eigenvalue weighted by Gasteiger charge is 2.20. The number of benzene rings is 1. The Morgan fingerprint density at radius 2 is 1.80 bits per heavy atom. The van der Waals surface area contributed by atoms with Crippen molar-refractivity contribution in [1.29, 1.82) is 0 Å². The second kappa shape index (κ2) is 5.29. The van der Waals surface area contributed by atoms with Gasteiger partial charge in [-0.05, 0) is 24.5 Å². The number of hydrogen-bond donors (Lipinski definition) is 2. The summed E-state index contributed by atoms with van der Waals surface area (Å²) in [6, 6.07) is 7.72. The van der Waals surface area contributed by atoms with Gasteiger partial charge in [0.25, 0.3) is 0 Å². The van der Waals surface area contributed by atoms with Crippen LogP contribution in [0.5, 0.6) is 0 Å². The van der Waals surface area contributed by atoms with E-state index in [9.17, 15) is 5.11 Å². The van der Waals surface area contributed by atoms with Crippen molar-refractivity contribution in [2.45, 2.75) is 45.3 Å². The molecule has 0 aliphatic heterocycles. The van der Waals surface area contributed by atoms with E-state index in [0.717, 1.165) is 24.0 Å². The molecule has 0 fully saturated rings. The summed E-state index contributed by atoms with van der Waals surface area (Å²) >= 11 is 0. The number of aliphatic hydroxyl groups is 2. The van der Waals surface area contributed by atoms with E-state index >= 15 is 0 Å². The lowest BCUT2D eigenvalue weighted by Gasteiger charge is -2.23. The first-order valence-electron chi connectivity index (χ1n) is 5.49. The van der Waals surface area contributed by atoms with E-state index in [2.05, 4.69) is 6.92 Å². The molecule has 0 aliphatic carbocycles. The first-order valence-corrected chi connectivity index (χ1v) is 5.49. The topological polar surface area (TPSA) is 40.5 Å². The Hall–Kier alpha value is -0.860. The van der Waals surface area contributed by atoms with Crippen LogP contribution in [0.2, 0.25) is 0 Å². The lowest BCUT2D eigenvalue weighted by Crippen LogP contribution is -2.27. The van der Waals surface area contributed by atoms with Gasteiger partial charge in [-0.15, -0.1) is 0 Å². The minimum atomic E-state index is -0.667. The van der Waals surface area contributed by atoms with Crippen LogP contribution >= 0.6 is 0 Å². The van der Waals surface area contributed by atoms with Crippen LogP contribution in [-0.2, 0) is 13.0 Å². The van der Waals surface area contributed by atoms with E-state index in [0.29, 0.717) is 6.42 Å². The second-order valence-corrected chi connectivity index (χ2v) is 4.35. The zero-order valence-electron chi connectivity index (χ0n) is 9.53. The van der Waals surface area contributed by atoms with E-state index in [-0.39, 0.29) is 6.61 Å². The van der Waals surface area contributed by atoms with Crippen LogP contribution in [0, 0.1) is 0 Å². The van der Waals surface area contributed by atoms with Crippen molar-refractivity contribution >= 4 is 0 Å². The monoisotopic (exact) mass is 208 g/mol. The summed E-state index contributed by atoms with van der Waals surface area (Å²) in [4.78, 5) is 0. The third kappa shape index (κ3) is 3.65. The van der Waals surface area contributed by atoms with Crippen LogP contribution in [-0.4, -0.2) is 15.8 Å². The molecule has 2 nitrogen and oxygen atoms in total. The summed E-state index contributed by atoms with van der Waals surface area (Å²) < 4.78 is 0. The molecule has 0 spiro atoms. The average molecular weight is 208 g/mol. The number of aliphatic hydroxyl groups excluding tert-OH is 1. The highest BCUT2D eigenvalue weighted by molar-refractivity contribution is 5.27. The highest BCUT2D eigenvalue weighted by Crippen LogP contribution is 2.21. The maximum absolute atomic E-state index is 10.1. The molecular weight excluding hydrogens is 188 g/mol. The molecular formula is C13H20O2. The van der Waals surface area contributed by atoms with Gasteiger partial charge >= 0.3 is 0 Å². The molecule has 1 aromatic carbocycles. The first-order chi connectivity index (χ1) is 7.09. The van der Waals surface area contributed by atoms with Crippen molar-refractivity contribution in [2.75, 3.05) is 0 Å². The van der Waals surface area contributed by atoms with E-state index in [1.807, 2.05) is 31.2 Å². The van der Waals surface area contributed by atoms with Gasteiger partial charge in [0.05, 0.1) is 12.2 Å². The summed E-state index contributed by atoms with van der Waals surface area (Å²) in [5.41, 5.74) is 1.28. The molecule has 2 N–H and O–H groups in total. The molecule has 0 heterocycles. The smallest absolute Gasteiger partial charge is 0.0684 e. The molecule has 1 unspecified atom stereocenters. The Kier molecular flexibility index (Phi) is 4.30. The fraction of sp³-hybridized carbons (Fsp3) is 0.538. The molecule has 2 heteroatoms. The molecule has 0 aliphatic rings. The van der Waals surface area contributed by atoms with Crippen LogP contribution in [0.4, 0.5) is 0 Å². The van der Waals surface area contributed by atoms with Gasteiger partial charge in [-0.3, -0.25) is 0 Å². The van der Waals surface area contributed by atoms with Crippen LogP contribution in [0.3, 0.4) is 0 Å². The van der Waals surface area contributed by atoms with Crippen LogP contribution in [0.1, 0.15) is 37.8 Å².